The molecule has 1 aromatic carbocycles. The molecule has 0 radical (unpaired) electrons. The second-order valence-electron chi connectivity index (χ2n) is 4.77. The Morgan fingerprint density at radius 3 is 2.48 bits per heavy atom. The summed E-state index contributed by atoms with van der Waals surface area (Å²) in [7, 11) is -3.67. The van der Waals surface area contributed by atoms with E-state index in [2.05, 4.69) is 0 Å². The van der Waals surface area contributed by atoms with Gasteiger partial charge in [-0.3, -0.25) is 4.79 Å². The van der Waals surface area contributed by atoms with Crippen molar-refractivity contribution in [3.63, 3.8) is 0 Å². The molecule has 1 atom stereocenters. The topological polar surface area (TPSA) is 76.4 Å². The van der Waals surface area contributed by atoms with Crippen LogP contribution >= 0.6 is 0 Å². The van der Waals surface area contributed by atoms with Gasteiger partial charge in [-0.25, -0.2) is 12.4 Å². The van der Waals surface area contributed by atoms with Crippen LogP contribution in [0.3, 0.4) is 0 Å². The maximum absolute atomic E-state index is 12.4. The summed E-state index contributed by atoms with van der Waals surface area (Å²) in [4.78, 5) is 11.4. The highest BCUT2D eigenvalue weighted by Crippen LogP contribution is 2.24. The Balaban J connectivity index is 2.38. The van der Waals surface area contributed by atoms with Gasteiger partial charge >= 0.3 is 5.97 Å². The Morgan fingerprint density at radius 2 is 1.90 bits per heavy atom. The number of hydrogen-bond acceptors (Lipinski definition) is 3. The van der Waals surface area contributed by atoms with Gasteiger partial charge in [0.2, 0.25) is 0 Å². The van der Waals surface area contributed by atoms with E-state index in [1.54, 1.807) is 24.3 Å². The standard InChI is InChI=1S/C15H17NO4S/c1-2-6-14(15(17)18)12-9-10-16(11-12)21(19,20)13-7-4-3-5-8-13/h3-5,7-11,14H,2,6H2,1H3,(H,17,18). The number of carboxylic acid groups (broad SMARTS) is 1. The zero-order chi connectivity index (χ0) is 15.5. The van der Waals surface area contributed by atoms with Crippen molar-refractivity contribution < 1.29 is 18.3 Å². The molecule has 0 saturated carbocycles. The molecule has 1 N–H and O–H groups in total. The van der Waals surface area contributed by atoms with E-state index in [0.29, 0.717) is 18.4 Å². The molecule has 0 aliphatic heterocycles. The van der Waals surface area contributed by atoms with E-state index in [9.17, 15) is 18.3 Å². The molecule has 1 aromatic heterocycles. The van der Waals surface area contributed by atoms with Crippen LogP contribution in [0.15, 0.2) is 53.7 Å². The van der Waals surface area contributed by atoms with Gasteiger partial charge in [0.15, 0.2) is 0 Å². The molecule has 1 unspecified atom stereocenters. The number of rotatable bonds is 6. The molecule has 5 nitrogen and oxygen atoms in total. The minimum Gasteiger partial charge on any atom is -0.481 e. The van der Waals surface area contributed by atoms with Crippen LogP contribution in [0, 0.1) is 0 Å². The molecule has 0 saturated heterocycles. The van der Waals surface area contributed by atoms with Crippen LogP contribution in [0.2, 0.25) is 0 Å². The molecule has 2 rings (SSSR count). The van der Waals surface area contributed by atoms with Crippen molar-refractivity contribution in [2.24, 2.45) is 0 Å². The van der Waals surface area contributed by atoms with Crippen LogP contribution in [0.25, 0.3) is 0 Å². The maximum atomic E-state index is 12.4. The van der Waals surface area contributed by atoms with Crippen LogP contribution in [0.5, 0.6) is 0 Å². The molecule has 2 aromatic rings. The van der Waals surface area contributed by atoms with Crippen molar-refractivity contribution in [2.75, 3.05) is 0 Å². The Bertz CT molecular complexity index is 719. The van der Waals surface area contributed by atoms with Crippen molar-refractivity contribution in [3.05, 3.63) is 54.4 Å². The lowest BCUT2D eigenvalue weighted by Crippen LogP contribution is -2.13. The van der Waals surface area contributed by atoms with Gasteiger partial charge < -0.3 is 5.11 Å². The van der Waals surface area contributed by atoms with Crippen molar-refractivity contribution in [2.45, 2.75) is 30.6 Å². The summed E-state index contributed by atoms with van der Waals surface area (Å²) in [5.74, 6) is -1.62. The molecule has 0 amide bonds. The highest BCUT2D eigenvalue weighted by molar-refractivity contribution is 7.90. The number of nitrogens with zero attached hydrogens (tertiary/aromatic N) is 1. The molecule has 21 heavy (non-hydrogen) atoms. The fourth-order valence-electron chi connectivity index (χ4n) is 2.18. The first-order valence-electron chi connectivity index (χ1n) is 6.68. The van der Waals surface area contributed by atoms with E-state index in [1.165, 1.54) is 24.5 Å². The van der Waals surface area contributed by atoms with Gasteiger partial charge in [-0.1, -0.05) is 31.5 Å². The lowest BCUT2D eigenvalue weighted by Gasteiger charge is -2.09. The quantitative estimate of drug-likeness (QED) is 0.890. The summed E-state index contributed by atoms with van der Waals surface area (Å²) in [6, 6.07) is 9.60. The monoisotopic (exact) mass is 307 g/mol. The fourth-order valence-corrected chi connectivity index (χ4v) is 3.41. The molecule has 0 aliphatic rings. The Morgan fingerprint density at radius 1 is 1.24 bits per heavy atom. The van der Waals surface area contributed by atoms with Crippen LogP contribution in [-0.2, 0) is 14.8 Å². The average molecular weight is 307 g/mol. The molecule has 112 valence electrons. The first-order chi connectivity index (χ1) is 9.96. The Hall–Kier alpha value is -2.08. The Labute approximate surface area is 123 Å². The van der Waals surface area contributed by atoms with Crippen LogP contribution in [0.4, 0.5) is 0 Å². The van der Waals surface area contributed by atoms with Gasteiger partial charge in [0.05, 0.1) is 10.8 Å². The van der Waals surface area contributed by atoms with E-state index >= 15 is 0 Å². The van der Waals surface area contributed by atoms with Crippen molar-refractivity contribution in [3.8, 4) is 0 Å². The first-order valence-corrected chi connectivity index (χ1v) is 8.12. The third kappa shape index (κ3) is 3.16. The van der Waals surface area contributed by atoms with Crippen LogP contribution in [0.1, 0.15) is 31.2 Å². The molecule has 6 heteroatoms. The molecular formula is C15H17NO4S. The summed E-state index contributed by atoms with van der Waals surface area (Å²) in [5, 5.41) is 9.23. The van der Waals surface area contributed by atoms with Gasteiger partial charge in [-0.05, 0) is 30.2 Å². The van der Waals surface area contributed by atoms with Gasteiger partial charge in [0, 0.05) is 12.4 Å². The molecule has 0 spiro atoms. The zero-order valence-electron chi connectivity index (χ0n) is 11.6. The molecule has 1 heterocycles. The number of aliphatic carboxylic acids is 1. The second kappa shape index (κ2) is 6.13. The first kappa shape index (κ1) is 15.3. The summed E-state index contributed by atoms with van der Waals surface area (Å²) in [6.07, 6.45) is 3.97. The lowest BCUT2D eigenvalue weighted by atomic mass is 9.97. The average Bonchev–Trinajstić information content (AvgIpc) is 2.95. The minimum atomic E-state index is -3.67. The highest BCUT2D eigenvalue weighted by atomic mass is 32.2. The van der Waals surface area contributed by atoms with E-state index in [-0.39, 0.29) is 4.90 Å². The van der Waals surface area contributed by atoms with Gasteiger partial charge in [-0.2, -0.15) is 0 Å². The summed E-state index contributed by atoms with van der Waals surface area (Å²) in [6.45, 7) is 1.90. The van der Waals surface area contributed by atoms with E-state index < -0.39 is 21.9 Å². The largest absolute Gasteiger partial charge is 0.481 e. The lowest BCUT2D eigenvalue weighted by molar-refractivity contribution is -0.139. The number of carboxylic acids is 1. The number of benzene rings is 1. The summed E-state index contributed by atoms with van der Waals surface area (Å²) < 4.78 is 25.9. The van der Waals surface area contributed by atoms with Gasteiger partial charge in [-0.15, -0.1) is 0 Å². The van der Waals surface area contributed by atoms with E-state index in [0.717, 1.165) is 3.97 Å². The normalized spacial score (nSPS) is 13.0. The molecular weight excluding hydrogens is 290 g/mol. The van der Waals surface area contributed by atoms with E-state index in [4.69, 9.17) is 0 Å². The Kier molecular flexibility index (Phi) is 4.47. The number of hydrogen-bond donors (Lipinski definition) is 1. The molecule has 0 bridgehead atoms. The van der Waals surface area contributed by atoms with Gasteiger partial charge in [0.1, 0.15) is 0 Å². The smallest absolute Gasteiger partial charge is 0.311 e. The summed E-state index contributed by atoms with van der Waals surface area (Å²) in [5.41, 5.74) is 0.504. The number of aromatic nitrogens is 1. The molecule has 0 fully saturated rings. The number of carbonyl (C=O) groups is 1. The van der Waals surface area contributed by atoms with Crippen LogP contribution in [-0.4, -0.2) is 23.5 Å². The maximum Gasteiger partial charge on any atom is 0.311 e. The SMILES string of the molecule is CCCC(C(=O)O)c1ccn(S(=O)(=O)c2ccccc2)c1. The highest BCUT2D eigenvalue weighted by Gasteiger charge is 2.23. The predicted octanol–water partition coefficient (Wildman–Crippen LogP) is 2.69. The third-order valence-corrected chi connectivity index (χ3v) is 4.94. The van der Waals surface area contributed by atoms with Crippen molar-refractivity contribution >= 4 is 16.0 Å². The van der Waals surface area contributed by atoms with Crippen LogP contribution < -0.4 is 0 Å². The van der Waals surface area contributed by atoms with Crippen molar-refractivity contribution in [1.29, 1.82) is 0 Å². The fraction of sp³-hybridized carbons (Fsp3) is 0.267. The molecule has 0 aliphatic carbocycles. The van der Waals surface area contributed by atoms with Gasteiger partial charge in [0.25, 0.3) is 10.0 Å². The third-order valence-electron chi connectivity index (χ3n) is 3.29. The van der Waals surface area contributed by atoms with Crippen molar-refractivity contribution in [1.82, 2.24) is 3.97 Å². The second-order valence-corrected chi connectivity index (χ2v) is 6.62. The minimum absolute atomic E-state index is 0.175. The zero-order valence-corrected chi connectivity index (χ0v) is 12.5. The summed E-state index contributed by atoms with van der Waals surface area (Å²) >= 11 is 0. The predicted molar refractivity (Wildman–Crippen MR) is 78.7 cm³/mol. The van der Waals surface area contributed by atoms with E-state index in [1.807, 2.05) is 6.92 Å².